The first-order valence-electron chi connectivity index (χ1n) is 8.98. The topological polar surface area (TPSA) is 50.4 Å². The standard InChI is InChI=1S/C20H32N2O2/c1-13-7-12-16(22-6)18(19(23)24-20(2,3)4)17(13)14-8-10-15(21-5)11-9-14/h7,12,14-15,21-22H,8-11H2,1-6H3. The molecular formula is C20H32N2O2. The molecule has 0 bridgehead atoms. The largest absolute Gasteiger partial charge is 0.456 e. The first kappa shape index (κ1) is 18.8. The highest BCUT2D eigenvalue weighted by Gasteiger charge is 2.30. The third-order valence-corrected chi connectivity index (χ3v) is 4.88. The Morgan fingerprint density at radius 3 is 2.25 bits per heavy atom. The normalized spacial score (nSPS) is 21.4. The summed E-state index contributed by atoms with van der Waals surface area (Å²) in [5, 5.41) is 6.55. The molecule has 0 radical (unpaired) electrons. The van der Waals surface area contributed by atoms with E-state index in [0.717, 1.165) is 36.9 Å². The fourth-order valence-electron chi connectivity index (χ4n) is 3.68. The summed E-state index contributed by atoms with van der Waals surface area (Å²) in [5.74, 6) is 0.201. The van der Waals surface area contributed by atoms with Crippen LogP contribution < -0.4 is 10.6 Å². The van der Waals surface area contributed by atoms with Gasteiger partial charge in [0.2, 0.25) is 0 Å². The fourth-order valence-corrected chi connectivity index (χ4v) is 3.68. The van der Waals surface area contributed by atoms with E-state index in [1.54, 1.807) is 0 Å². The van der Waals surface area contributed by atoms with Gasteiger partial charge in [0.05, 0.1) is 5.56 Å². The van der Waals surface area contributed by atoms with Crippen molar-refractivity contribution >= 4 is 11.7 Å². The van der Waals surface area contributed by atoms with E-state index in [9.17, 15) is 4.79 Å². The maximum absolute atomic E-state index is 12.9. The van der Waals surface area contributed by atoms with E-state index in [0.29, 0.717) is 12.0 Å². The summed E-state index contributed by atoms with van der Waals surface area (Å²) in [7, 11) is 3.89. The van der Waals surface area contributed by atoms with Crippen LogP contribution in [0.15, 0.2) is 12.1 Å². The fraction of sp³-hybridized carbons (Fsp3) is 0.650. The molecule has 134 valence electrons. The zero-order valence-corrected chi connectivity index (χ0v) is 16.0. The van der Waals surface area contributed by atoms with Gasteiger partial charge in [0.25, 0.3) is 0 Å². The van der Waals surface area contributed by atoms with Gasteiger partial charge in [0.1, 0.15) is 5.60 Å². The van der Waals surface area contributed by atoms with Crippen LogP contribution in [0.3, 0.4) is 0 Å². The molecule has 0 spiro atoms. The summed E-state index contributed by atoms with van der Waals surface area (Å²) >= 11 is 0. The lowest BCUT2D eigenvalue weighted by molar-refractivity contribution is 0.00685. The highest BCUT2D eigenvalue weighted by atomic mass is 16.6. The monoisotopic (exact) mass is 332 g/mol. The molecule has 0 aromatic heterocycles. The molecule has 0 amide bonds. The quantitative estimate of drug-likeness (QED) is 0.810. The van der Waals surface area contributed by atoms with Crippen LogP contribution in [0, 0.1) is 6.92 Å². The van der Waals surface area contributed by atoms with Crippen molar-refractivity contribution in [3.05, 3.63) is 28.8 Å². The van der Waals surface area contributed by atoms with Crippen LogP contribution in [0.2, 0.25) is 0 Å². The van der Waals surface area contributed by atoms with E-state index < -0.39 is 5.60 Å². The number of hydrogen-bond acceptors (Lipinski definition) is 4. The average Bonchev–Trinajstić information content (AvgIpc) is 2.53. The molecule has 0 heterocycles. The summed E-state index contributed by atoms with van der Waals surface area (Å²) in [4.78, 5) is 12.9. The molecule has 2 N–H and O–H groups in total. The van der Waals surface area contributed by atoms with E-state index in [1.807, 2.05) is 40.9 Å². The average molecular weight is 332 g/mol. The van der Waals surface area contributed by atoms with Crippen LogP contribution in [-0.2, 0) is 4.74 Å². The van der Waals surface area contributed by atoms with Crippen LogP contribution in [0.1, 0.15) is 73.9 Å². The third-order valence-electron chi connectivity index (χ3n) is 4.88. The van der Waals surface area contributed by atoms with Crippen molar-refractivity contribution in [2.75, 3.05) is 19.4 Å². The van der Waals surface area contributed by atoms with Crippen LogP contribution in [0.4, 0.5) is 5.69 Å². The number of anilines is 1. The molecule has 1 fully saturated rings. The zero-order valence-electron chi connectivity index (χ0n) is 16.0. The number of esters is 1. The first-order chi connectivity index (χ1) is 11.3. The van der Waals surface area contributed by atoms with Crippen molar-refractivity contribution in [1.82, 2.24) is 5.32 Å². The van der Waals surface area contributed by atoms with Gasteiger partial charge < -0.3 is 15.4 Å². The summed E-state index contributed by atoms with van der Waals surface area (Å²) in [6, 6.07) is 4.69. The Bertz CT molecular complexity index is 582. The maximum atomic E-state index is 12.9. The zero-order chi connectivity index (χ0) is 17.9. The predicted octanol–water partition coefficient (Wildman–Crippen LogP) is 4.24. The van der Waals surface area contributed by atoms with Crippen LogP contribution >= 0.6 is 0 Å². The number of carbonyl (C=O) groups excluding carboxylic acids is 1. The van der Waals surface area contributed by atoms with Gasteiger partial charge in [-0.25, -0.2) is 4.79 Å². The number of ether oxygens (including phenoxy) is 1. The lowest BCUT2D eigenvalue weighted by atomic mass is 9.78. The van der Waals surface area contributed by atoms with Crippen molar-refractivity contribution < 1.29 is 9.53 Å². The van der Waals surface area contributed by atoms with E-state index in [4.69, 9.17) is 4.74 Å². The Labute approximate surface area is 146 Å². The van der Waals surface area contributed by atoms with Gasteiger partial charge in [0, 0.05) is 18.8 Å². The second kappa shape index (κ2) is 7.56. The molecule has 1 aliphatic rings. The molecule has 4 nitrogen and oxygen atoms in total. The predicted molar refractivity (Wildman–Crippen MR) is 100.0 cm³/mol. The number of rotatable bonds is 4. The van der Waals surface area contributed by atoms with E-state index in [-0.39, 0.29) is 5.97 Å². The number of benzene rings is 1. The van der Waals surface area contributed by atoms with Gasteiger partial charge in [0.15, 0.2) is 0 Å². The summed E-state index contributed by atoms with van der Waals surface area (Å²) in [5.41, 5.74) is 3.45. The molecule has 1 saturated carbocycles. The van der Waals surface area contributed by atoms with Gasteiger partial charge in [-0.15, -0.1) is 0 Å². The Kier molecular flexibility index (Phi) is 5.92. The van der Waals surface area contributed by atoms with Crippen molar-refractivity contribution in [1.29, 1.82) is 0 Å². The van der Waals surface area contributed by atoms with E-state index >= 15 is 0 Å². The van der Waals surface area contributed by atoms with Gasteiger partial charge in [-0.05, 0) is 83.5 Å². The maximum Gasteiger partial charge on any atom is 0.341 e. The second-order valence-electron chi connectivity index (χ2n) is 7.81. The number of carbonyl (C=O) groups is 1. The molecule has 0 aliphatic heterocycles. The highest BCUT2D eigenvalue weighted by Crippen LogP contribution is 2.39. The van der Waals surface area contributed by atoms with Crippen LogP contribution in [-0.4, -0.2) is 31.7 Å². The number of nitrogens with one attached hydrogen (secondary N) is 2. The Morgan fingerprint density at radius 2 is 1.75 bits per heavy atom. The van der Waals surface area contributed by atoms with Crippen LogP contribution in [0.25, 0.3) is 0 Å². The molecule has 0 unspecified atom stereocenters. The molecular weight excluding hydrogens is 300 g/mol. The van der Waals surface area contributed by atoms with Gasteiger partial charge in [-0.3, -0.25) is 0 Å². The van der Waals surface area contributed by atoms with Crippen molar-refractivity contribution in [2.45, 2.75) is 70.9 Å². The summed E-state index contributed by atoms with van der Waals surface area (Å²) in [6.07, 6.45) is 4.51. The van der Waals surface area contributed by atoms with Gasteiger partial charge >= 0.3 is 5.97 Å². The SMILES string of the molecule is CNc1ccc(C)c(C2CCC(NC)CC2)c1C(=O)OC(C)(C)C. The second-order valence-corrected chi connectivity index (χ2v) is 7.81. The van der Waals surface area contributed by atoms with Crippen LogP contribution in [0.5, 0.6) is 0 Å². The first-order valence-corrected chi connectivity index (χ1v) is 8.98. The lowest BCUT2D eigenvalue weighted by Crippen LogP contribution is -2.31. The minimum Gasteiger partial charge on any atom is -0.456 e. The Morgan fingerprint density at radius 1 is 1.12 bits per heavy atom. The minimum atomic E-state index is -0.493. The highest BCUT2D eigenvalue weighted by molar-refractivity contribution is 5.98. The summed E-state index contributed by atoms with van der Waals surface area (Å²) < 4.78 is 5.70. The van der Waals surface area contributed by atoms with Crippen molar-refractivity contribution in [3.8, 4) is 0 Å². The molecule has 24 heavy (non-hydrogen) atoms. The van der Waals surface area contributed by atoms with E-state index in [1.165, 1.54) is 11.1 Å². The van der Waals surface area contributed by atoms with Gasteiger partial charge in [-0.1, -0.05) is 6.07 Å². The third kappa shape index (κ3) is 4.29. The van der Waals surface area contributed by atoms with Gasteiger partial charge in [-0.2, -0.15) is 0 Å². The summed E-state index contributed by atoms with van der Waals surface area (Å²) in [6.45, 7) is 7.85. The molecule has 1 aliphatic carbocycles. The number of aryl methyl sites for hydroxylation is 1. The Hall–Kier alpha value is -1.55. The molecule has 0 saturated heterocycles. The number of hydrogen-bond donors (Lipinski definition) is 2. The molecule has 1 aromatic carbocycles. The van der Waals surface area contributed by atoms with Crippen molar-refractivity contribution in [2.24, 2.45) is 0 Å². The lowest BCUT2D eigenvalue weighted by Gasteiger charge is -2.31. The van der Waals surface area contributed by atoms with Crippen molar-refractivity contribution in [3.63, 3.8) is 0 Å². The Balaban J connectivity index is 2.41. The smallest absolute Gasteiger partial charge is 0.341 e. The molecule has 2 rings (SSSR count). The minimum absolute atomic E-state index is 0.221. The van der Waals surface area contributed by atoms with E-state index in [2.05, 4.69) is 23.6 Å². The molecule has 1 aromatic rings. The molecule has 4 heteroatoms. The molecule has 0 atom stereocenters.